The van der Waals surface area contributed by atoms with Gasteiger partial charge in [-0.1, -0.05) is 13.0 Å². The fraction of sp³-hybridized carbons (Fsp3) is 0.500. The molecule has 1 unspecified atom stereocenters. The SMILES string of the molecule is CC1(CN)CCN(C(=O)Cn2nc3ccccn3c2=O)C1. The maximum Gasteiger partial charge on any atom is 0.350 e. The van der Waals surface area contributed by atoms with E-state index in [1.165, 1.54) is 9.08 Å². The highest BCUT2D eigenvalue weighted by Gasteiger charge is 2.35. The van der Waals surface area contributed by atoms with Crippen LogP contribution in [0.15, 0.2) is 29.2 Å². The van der Waals surface area contributed by atoms with Crippen LogP contribution in [-0.4, -0.2) is 44.6 Å². The summed E-state index contributed by atoms with van der Waals surface area (Å²) in [7, 11) is 0. The normalized spacial score (nSPS) is 22.1. The minimum atomic E-state index is -0.292. The van der Waals surface area contributed by atoms with Crippen molar-refractivity contribution in [3.63, 3.8) is 0 Å². The predicted molar refractivity (Wildman–Crippen MR) is 77.8 cm³/mol. The van der Waals surface area contributed by atoms with Crippen LogP contribution in [0, 0.1) is 5.41 Å². The summed E-state index contributed by atoms with van der Waals surface area (Å²) in [4.78, 5) is 26.2. The summed E-state index contributed by atoms with van der Waals surface area (Å²) in [6.45, 7) is 3.95. The van der Waals surface area contributed by atoms with E-state index in [4.69, 9.17) is 5.73 Å². The molecule has 7 nitrogen and oxygen atoms in total. The Kier molecular flexibility index (Phi) is 3.29. The smallest absolute Gasteiger partial charge is 0.340 e. The van der Waals surface area contributed by atoms with Crippen LogP contribution in [0.4, 0.5) is 0 Å². The van der Waals surface area contributed by atoms with Gasteiger partial charge in [-0.3, -0.25) is 9.20 Å². The van der Waals surface area contributed by atoms with Crippen molar-refractivity contribution in [1.82, 2.24) is 19.1 Å². The molecule has 2 aromatic heterocycles. The lowest BCUT2D eigenvalue weighted by Gasteiger charge is -2.22. The lowest BCUT2D eigenvalue weighted by atomic mass is 9.90. The molecule has 7 heteroatoms. The first kappa shape index (κ1) is 13.8. The van der Waals surface area contributed by atoms with Gasteiger partial charge < -0.3 is 10.6 Å². The molecule has 1 amide bonds. The van der Waals surface area contributed by atoms with Gasteiger partial charge in [0.05, 0.1) is 0 Å². The van der Waals surface area contributed by atoms with Gasteiger partial charge in [0.15, 0.2) is 5.65 Å². The van der Waals surface area contributed by atoms with E-state index >= 15 is 0 Å². The van der Waals surface area contributed by atoms with Crippen LogP contribution in [0.1, 0.15) is 13.3 Å². The van der Waals surface area contributed by atoms with Crippen LogP contribution in [0.2, 0.25) is 0 Å². The summed E-state index contributed by atoms with van der Waals surface area (Å²) in [5.41, 5.74) is 5.99. The second kappa shape index (κ2) is 5.00. The lowest BCUT2D eigenvalue weighted by molar-refractivity contribution is -0.131. The van der Waals surface area contributed by atoms with Crippen LogP contribution in [0.5, 0.6) is 0 Å². The molecule has 1 aliphatic heterocycles. The quantitative estimate of drug-likeness (QED) is 0.840. The summed E-state index contributed by atoms with van der Waals surface area (Å²) < 4.78 is 2.65. The van der Waals surface area contributed by atoms with Gasteiger partial charge in [-0.15, -0.1) is 5.10 Å². The molecule has 0 saturated carbocycles. The first-order chi connectivity index (χ1) is 10.0. The number of carbonyl (C=O) groups excluding carboxylic acids is 1. The van der Waals surface area contributed by atoms with Crippen molar-refractivity contribution in [1.29, 1.82) is 0 Å². The highest BCUT2D eigenvalue weighted by Crippen LogP contribution is 2.28. The highest BCUT2D eigenvalue weighted by atomic mass is 16.2. The van der Waals surface area contributed by atoms with Crippen molar-refractivity contribution in [2.24, 2.45) is 11.1 Å². The minimum Gasteiger partial charge on any atom is -0.340 e. The molecule has 112 valence electrons. The Balaban J connectivity index is 1.78. The number of carbonyl (C=O) groups is 1. The number of nitrogens with zero attached hydrogens (tertiary/aromatic N) is 4. The standard InChI is InChI=1S/C14H19N5O2/c1-14(9-15)5-7-17(10-14)12(20)8-19-13(21)18-6-3-2-4-11(18)16-19/h2-4,6H,5,7-10,15H2,1H3. The summed E-state index contributed by atoms with van der Waals surface area (Å²) in [6.07, 6.45) is 2.54. The Bertz CT molecular complexity index is 734. The molecular formula is C14H19N5O2. The average Bonchev–Trinajstić information content (AvgIpc) is 3.02. The van der Waals surface area contributed by atoms with Crippen LogP contribution in [-0.2, 0) is 11.3 Å². The van der Waals surface area contributed by atoms with Crippen molar-refractivity contribution >= 4 is 11.6 Å². The van der Waals surface area contributed by atoms with E-state index in [2.05, 4.69) is 12.0 Å². The van der Waals surface area contributed by atoms with E-state index in [9.17, 15) is 9.59 Å². The number of aromatic nitrogens is 3. The van der Waals surface area contributed by atoms with Crippen molar-refractivity contribution in [3.05, 3.63) is 34.9 Å². The Morgan fingerprint density at radius 1 is 1.48 bits per heavy atom. The first-order valence-electron chi connectivity index (χ1n) is 7.04. The van der Waals surface area contributed by atoms with E-state index in [1.54, 1.807) is 29.3 Å². The monoisotopic (exact) mass is 289 g/mol. The van der Waals surface area contributed by atoms with Crippen LogP contribution < -0.4 is 11.4 Å². The third-order valence-electron chi connectivity index (χ3n) is 4.18. The van der Waals surface area contributed by atoms with Crippen molar-refractivity contribution in [3.8, 4) is 0 Å². The molecule has 0 aromatic carbocycles. The molecule has 1 saturated heterocycles. The topological polar surface area (TPSA) is 85.6 Å². The molecule has 2 N–H and O–H groups in total. The van der Waals surface area contributed by atoms with Gasteiger partial charge in [0.25, 0.3) is 0 Å². The minimum absolute atomic E-state index is 0.0144. The molecule has 3 heterocycles. The van der Waals surface area contributed by atoms with E-state index in [1.807, 2.05) is 0 Å². The highest BCUT2D eigenvalue weighted by molar-refractivity contribution is 5.76. The number of likely N-dealkylation sites (tertiary alicyclic amines) is 1. The van der Waals surface area contributed by atoms with Gasteiger partial charge in [0.1, 0.15) is 6.54 Å². The molecule has 1 aliphatic rings. The maximum atomic E-state index is 12.3. The molecule has 0 bridgehead atoms. The van der Waals surface area contributed by atoms with Crippen LogP contribution >= 0.6 is 0 Å². The third kappa shape index (κ3) is 2.44. The van der Waals surface area contributed by atoms with E-state index in [0.29, 0.717) is 25.3 Å². The molecule has 0 spiro atoms. The zero-order valence-electron chi connectivity index (χ0n) is 12.0. The zero-order valence-corrected chi connectivity index (χ0v) is 12.0. The number of rotatable bonds is 3. The predicted octanol–water partition coefficient (Wildman–Crippen LogP) is -0.307. The number of amides is 1. The number of pyridine rings is 1. The molecule has 1 atom stereocenters. The number of fused-ring (bicyclic) bond motifs is 1. The van der Waals surface area contributed by atoms with Crippen molar-refractivity contribution in [2.75, 3.05) is 19.6 Å². The number of hydrogen-bond donors (Lipinski definition) is 1. The van der Waals surface area contributed by atoms with Crippen LogP contribution in [0.25, 0.3) is 5.65 Å². The lowest BCUT2D eigenvalue weighted by Crippen LogP contribution is -2.38. The summed E-state index contributed by atoms with van der Waals surface area (Å²) >= 11 is 0. The Morgan fingerprint density at radius 2 is 2.29 bits per heavy atom. The molecule has 3 rings (SSSR count). The van der Waals surface area contributed by atoms with E-state index in [-0.39, 0.29) is 23.6 Å². The second-order valence-electron chi connectivity index (χ2n) is 5.95. The largest absolute Gasteiger partial charge is 0.350 e. The number of nitrogens with two attached hydrogens (primary N) is 1. The molecule has 2 aromatic rings. The van der Waals surface area contributed by atoms with Gasteiger partial charge >= 0.3 is 5.69 Å². The van der Waals surface area contributed by atoms with Crippen molar-refractivity contribution < 1.29 is 4.79 Å². The average molecular weight is 289 g/mol. The van der Waals surface area contributed by atoms with E-state index in [0.717, 1.165) is 6.42 Å². The fourth-order valence-electron chi connectivity index (χ4n) is 2.70. The fourth-order valence-corrected chi connectivity index (χ4v) is 2.70. The Morgan fingerprint density at radius 3 is 2.95 bits per heavy atom. The van der Waals surface area contributed by atoms with E-state index < -0.39 is 0 Å². The Hall–Kier alpha value is -2.15. The summed E-state index contributed by atoms with van der Waals surface area (Å²) in [6, 6.07) is 5.31. The Labute approximate surface area is 122 Å². The molecular weight excluding hydrogens is 270 g/mol. The van der Waals surface area contributed by atoms with Gasteiger partial charge in [-0.25, -0.2) is 9.48 Å². The summed E-state index contributed by atoms with van der Waals surface area (Å²) in [5, 5.41) is 4.18. The van der Waals surface area contributed by atoms with Gasteiger partial charge in [-0.05, 0) is 30.5 Å². The van der Waals surface area contributed by atoms with Gasteiger partial charge in [0, 0.05) is 19.3 Å². The summed E-state index contributed by atoms with van der Waals surface area (Å²) in [5.74, 6) is -0.0855. The van der Waals surface area contributed by atoms with Crippen LogP contribution in [0.3, 0.4) is 0 Å². The molecule has 0 radical (unpaired) electrons. The van der Waals surface area contributed by atoms with Gasteiger partial charge in [0.2, 0.25) is 5.91 Å². The number of hydrogen-bond acceptors (Lipinski definition) is 4. The molecule has 1 fully saturated rings. The maximum absolute atomic E-state index is 12.3. The first-order valence-corrected chi connectivity index (χ1v) is 7.04. The molecule has 21 heavy (non-hydrogen) atoms. The third-order valence-corrected chi connectivity index (χ3v) is 4.18. The second-order valence-corrected chi connectivity index (χ2v) is 5.95. The molecule has 0 aliphatic carbocycles. The zero-order chi connectivity index (χ0) is 15.0. The van der Waals surface area contributed by atoms with Crippen molar-refractivity contribution in [2.45, 2.75) is 19.9 Å². The van der Waals surface area contributed by atoms with Gasteiger partial charge in [-0.2, -0.15) is 0 Å².